The Balaban J connectivity index is 0.982. The fourth-order valence-corrected chi connectivity index (χ4v) is 8.25. The number of carbonyl (C=O) groups excluding carboxylic acids is 4. The molecule has 51 heavy (non-hydrogen) atoms. The van der Waals surface area contributed by atoms with E-state index in [1.54, 1.807) is 20.8 Å². The van der Waals surface area contributed by atoms with Gasteiger partial charge in [-0.05, 0) is 63.5 Å². The summed E-state index contributed by atoms with van der Waals surface area (Å²) in [5.41, 5.74) is -0.00127. The molecule has 14 heteroatoms. The monoisotopic (exact) mass is 711 g/mol. The van der Waals surface area contributed by atoms with Crippen molar-refractivity contribution in [2.45, 2.75) is 127 Å². The summed E-state index contributed by atoms with van der Waals surface area (Å²) in [6, 6.07) is 6.34. The third kappa shape index (κ3) is 7.72. The van der Waals surface area contributed by atoms with Crippen molar-refractivity contribution in [3.05, 3.63) is 41.5 Å². The molecule has 4 aliphatic heterocycles. The first kappa shape index (κ1) is 36.0. The lowest BCUT2D eigenvalue weighted by Crippen LogP contribution is -2.69. The zero-order valence-corrected chi connectivity index (χ0v) is 29.4. The Morgan fingerprint density at radius 3 is 2.61 bits per heavy atom. The van der Waals surface area contributed by atoms with E-state index < -0.39 is 71.3 Å². The van der Waals surface area contributed by atoms with Gasteiger partial charge in [-0.3, -0.25) is 24.0 Å². The molecule has 2 amide bonds. The van der Waals surface area contributed by atoms with Gasteiger partial charge in [0, 0.05) is 25.8 Å². The molecule has 4 saturated heterocycles. The molecule has 3 N–H and O–H groups in total. The van der Waals surface area contributed by atoms with E-state index in [-0.39, 0.29) is 52.2 Å². The van der Waals surface area contributed by atoms with Crippen LogP contribution in [-0.4, -0.2) is 108 Å². The van der Waals surface area contributed by atoms with Gasteiger partial charge in [0.15, 0.2) is 6.04 Å². The number of esters is 2. The third-order valence-electron chi connectivity index (χ3n) is 10.8. The number of hydroxylamine groups is 2. The number of allylic oxidation sites excluding steroid dienone is 1. The summed E-state index contributed by atoms with van der Waals surface area (Å²) in [7, 11) is 0. The zero-order chi connectivity index (χ0) is 35.9. The van der Waals surface area contributed by atoms with E-state index in [0.29, 0.717) is 18.1 Å². The number of epoxide rings is 1. The number of aliphatic hydroxyl groups is 1. The molecule has 10 atom stereocenters. The predicted octanol–water partition coefficient (Wildman–Crippen LogP) is 1.91. The first-order valence-corrected chi connectivity index (χ1v) is 18.1. The summed E-state index contributed by atoms with van der Waals surface area (Å²) < 4.78 is 28.5. The van der Waals surface area contributed by atoms with Crippen LogP contribution in [0.25, 0.3) is 6.08 Å². The van der Waals surface area contributed by atoms with Crippen molar-refractivity contribution in [3.63, 3.8) is 0 Å². The van der Waals surface area contributed by atoms with Gasteiger partial charge in [0.05, 0.1) is 31.4 Å². The van der Waals surface area contributed by atoms with Crippen molar-refractivity contribution in [1.82, 2.24) is 15.7 Å². The van der Waals surface area contributed by atoms with Gasteiger partial charge in [-0.1, -0.05) is 36.4 Å². The van der Waals surface area contributed by atoms with Crippen molar-refractivity contribution >= 4 is 29.8 Å². The van der Waals surface area contributed by atoms with Gasteiger partial charge in [-0.2, -0.15) is 5.06 Å². The summed E-state index contributed by atoms with van der Waals surface area (Å²) in [6.07, 6.45) is 6.30. The molecule has 6 fully saturated rings. The number of benzene rings is 1. The van der Waals surface area contributed by atoms with Crippen LogP contribution in [0.15, 0.2) is 30.3 Å². The van der Waals surface area contributed by atoms with Crippen LogP contribution in [0.3, 0.4) is 0 Å². The van der Waals surface area contributed by atoms with Crippen molar-refractivity contribution in [1.29, 1.82) is 0 Å². The Labute approximate surface area is 297 Å². The summed E-state index contributed by atoms with van der Waals surface area (Å²) in [5.74, 6) is -1.31. The Bertz CT molecular complexity index is 1510. The van der Waals surface area contributed by atoms with Crippen LogP contribution < -0.4 is 10.6 Å². The minimum absolute atomic E-state index is 0.00414. The van der Waals surface area contributed by atoms with E-state index >= 15 is 0 Å². The Kier molecular flexibility index (Phi) is 10.3. The number of fused-ring (bicyclic) bond motifs is 5. The van der Waals surface area contributed by atoms with E-state index in [1.165, 1.54) is 5.06 Å². The maximum Gasteiger partial charge on any atom is 0.327 e. The maximum atomic E-state index is 14.2. The van der Waals surface area contributed by atoms with Gasteiger partial charge < -0.3 is 39.4 Å². The molecule has 0 aromatic heterocycles. The molecule has 2 aliphatic carbocycles. The predicted molar refractivity (Wildman–Crippen MR) is 179 cm³/mol. The highest BCUT2D eigenvalue weighted by Gasteiger charge is 2.74. The van der Waals surface area contributed by atoms with Gasteiger partial charge in [-0.25, -0.2) is 0 Å². The first-order valence-electron chi connectivity index (χ1n) is 18.1. The van der Waals surface area contributed by atoms with Crippen molar-refractivity contribution < 1.29 is 52.8 Å². The normalized spacial score (nSPS) is 34.3. The van der Waals surface area contributed by atoms with Gasteiger partial charge >= 0.3 is 11.9 Å². The second-order valence-corrected chi connectivity index (χ2v) is 15.6. The molecule has 2 saturated carbocycles. The lowest BCUT2D eigenvalue weighted by atomic mass is 9.62. The number of nitrogens with zero attached hydrogens (tertiary/aromatic N) is 1. The summed E-state index contributed by atoms with van der Waals surface area (Å²) in [6.45, 7) is 5.15. The van der Waals surface area contributed by atoms with Gasteiger partial charge in [0.2, 0.25) is 11.8 Å². The average molecular weight is 712 g/mol. The molecule has 14 nitrogen and oxygen atoms in total. The number of aliphatic hydroxyl groups excluding tert-OH is 1. The summed E-state index contributed by atoms with van der Waals surface area (Å²) in [4.78, 5) is 59.1. The Morgan fingerprint density at radius 2 is 1.86 bits per heavy atom. The topological polar surface area (TPSA) is 174 Å². The molecule has 3 unspecified atom stereocenters. The van der Waals surface area contributed by atoms with Crippen LogP contribution in [0.5, 0.6) is 0 Å². The molecule has 1 aromatic carbocycles. The molecular weight excluding hydrogens is 662 g/mol. The molecule has 0 spiro atoms. The Morgan fingerprint density at radius 1 is 1.08 bits per heavy atom. The van der Waals surface area contributed by atoms with E-state index in [9.17, 15) is 24.3 Å². The van der Waals surface area contributed by atoms with Crippen LogP contribution in [0.2, 0.25) is 0 Å². The maximum absolute atomic E-state index is 14.2. The van der Waals surface area contributed by atoms with Crippen LogP contribution in [0.4, 0.5) is 0 Å². The molecule has 1 aromatic rings. The number of rotatable bonds is 13. The molecule has 278 valence electrons. The highest BCUT2D eigenvalue weighted by molar-refractivity contribution is 5.94. The average Bonchev–Trinajstić information content (AvgIpc) is 3.52. The smallest absolute Gasteiger partial charge is 0.327 e. The number of hydrogen-bond acceptors (Lipinski definition) is 12. The second kappa shape index (κ2) is 14.6. The number of ether oxygens (including phenoxy) is 5. The van der Waals surface area contributed by atoms with Gasteiger partial charge in [-0.15, -0.1) is 0 Å². The van der Waals surface area contributed by atoms with Crippen LogP contribution >= 0.6 is 0 Å². The molecule has 6 aliphatic rings. The first-order chi connectivity index (χ1) is 24.4. The van der Waals surface area contributed by atoms with Crippen LogP contribution in [0.1, 0.15) is 76.8 Å². The number of amides is 2. The second-order valence-electron chi connectivity index (χ2n) is 15.6. The van der Waals surface area contributed by atoms with Crippen LogP contribution in [0, 0.1) is 11.3 Å². The van der Waals surface area contributed by atoms with Crippen LogP contribution in [-0.2, 0) is 54.2 Å². The molecule has 4 heterocycles. The van der Waals surface area contributed by atoms with E-state index in [1.807, 2.05) is 24.3 Å². The Hall–Kier alpha value is -3.40. The molecule has 2 bridgehead atoms. The largest absolute Gasteiger partial charge is 0.460 e. The van der Waals surface area contributed by atoms with Gasteiger partial charge in [0.1, 0.15) is 42.2 Å². The lowest BCUT2D eigenvalue weighted by Gasteiger charge is -2.48. The van der Waals surface area contributed by atoms with Crippen molar-refractivity contribution in [2.24, 2.45) is 11.3 Å². The minimum Gasteiger partial charge on any atom is -0.460 e. The minimum atomic E-state index is -1.33. The van der Waals surface area contributed by atoms with E-state index in [4.69, 9.17) is 28.5 Å². The number of nitrogens with one attached hydrogen (secondary N) is 2. The highest BCUT2D eigenvalue weighted by Crippen LogP contribution is 2.55. The van der Waals surface area contributed by atoms with E-state index in [0.717, 1.165) is 30.4 Å². The van der Waals surface area contributed by atoms with Gasteiger partial charge in [0.25, 0.3) is 0 Å². The molecule has 0 radical (unpaired) electrons. The standard InChI is InChI=1S/C37H49N3O11/c1-36(2,3)50-29(43)13-11-24(19-41)39-28(42)14-15-38-35(45)37-17-27-30-31(47-20-46-30)33(37)51-40(32(37)34(44)49-27)18-23-8-5-21(6-9-23)4-7-22-10-12-25-26(16-22)48-25/h4-9,22,24-27,30-33,41H,10-20H2,1-3H3,(H,38,45)(H,39,42)/t22?,24-,25?,26?,27+,30-,31-,32-,33+,37-/m0/s1. The van der Waals surface area contributed by atoms with E-state index in [2.05, 4.69) is 22.8 Å². The van der Waals surface area contributed by atoms with Crippen molar-refractivity contribution in [2.75, 3.05) is 19.9 Å². The summed E-state index contributed by atoms with van der Waals surface area (Å²) >= 11 is 0. The van der Waals surface area contributed by atoms with Crippen molar-refractivity contribution in [3.8, 4) is 0 Å². The summed E-state index contributed by atoms with van der Waals surface area (Å²) in [5, 5.41) is 16.9. The number of hydrogen-bond donors (Lipinski definition) is 3. The molecular formula is C37H49N3O11. The fourth-order valence-electron chi connectivity index (χ4n) is 8.25. The molecule has 7 rings (SSSR count). The fraction of sp³-hybridized carbons (Fsp3) is 0.676. The number of carbonyl (C=O) groups is 4. The highest BCUT2D eigenvalue weighted by atomic mass is 16.8. The lowest BCUT2D eigenvalue weighted by molar-refractivity contribution is -0.201. The third-order valence-corrected chi connectivity index (χ3v) is 10.8. The SMILES string of the molecule is CC(C)(C)OC(=O)CC[C@@H](CO)NC(=O)CCNC(=O)[C@@]12C[C@H]3OC(=O)[C@@H]1N(Cc1ccc(C=CC4CCC5OC5C4)cc1)O[C@@H]2[C@H]1OCO[C@H]13. The quantitative estimate of drug-likeness (QED) is 0.201. The zero-order valence-electron chi connectivity index (χ0n) is 29.4.